The zero-order chi connectivity index (χ0) is 21.5. The number of nitrogens with zero attached hydrogens (tertiary/aromatic N) is 2. The number of amides is 1. The SMILES string of the molecule is CCNC(=NCC1CCN(Cc2cccs2)CC1)NCC1CC(=O)Nc2ccccc21. The lowest BCUT2D eigenvalue weighted by molar-refractivity contribution is -0.116. The number of nitrogens with one attached hydrogen (secondary N) is 3. The Labute approximate surface area is 189 Å². The highest BCUT2D eigenvalue weighted by atomic mass is 32.1. The van der Waals surface area contributed by atoms with E-state index in [4.69, 9.17) is 4.99 Å². The molecule has 0 bridgehead atoms. The zero-order valence-corrected chi connectivity index (χ0v) is 19.1. The molecule has 0 spiro atoms. The van der Waals surface area contributed by atoms with Gasteiger partial charge in [0, 0.05) is 49.1 Å². The molecule has 2 aliphatic heterocycles. The van der Waals surface area contributed by atoms with E-state index >= 15 is 0 Å². The van der Waals surface area contributed by atoms with Crippen molar-refractivity contribution < 1.29 is 4.79 Å². The van der Waals surface area contributed by atoms with E-state index in [2.05, 4.69) is 51.4 Å². The number of likely N-dealkylation sites (tertiary alicyclic amines) is 1. The Morgan fingerprint density at radius 1 is 1.19 bits per heavy atom. The van der Waals surface area contributed by atoms with Gasteiger partial charge in [-0.05, 0) is 61.8 Å². The first-order valence-corrected chi connectivity index (χ1v) is 12.2. The van der Waals surface area contributed by atoms with Crippen molar-refractivity contribution in [3.63, 3.8) is 0 Å². The fourth-order valence-corrected chi connectivity index (χ4v) is 5.16. The third-order valence-corrected chi connectivity index (χ3v) is 7.00. The molecule has 7 heteroatoms. The molecule has 2 aliphatic rings. The summed E-state index contributed by atoms with van der Waals surface area (Å²) in [4.78, 5) is 21.0. The molecule has 0 saturated carbocycles. The van der Waals surface area contributed by atoms with Crippen LogP contribution in [0.3, 0.4) is 0 Å². The van der Waals surface area contributed by atoms with Crippen LogP contribution in [0.5, 0.6) is 0 Å². The lowest BCUT2D eigenvalue weighted by Crippen LogP contribution is -2.41. The van der Waals surface area contributed by atoms with Crippen LogP contribution < -0.4 is 16.0 Å². The van der Waals surface area contributed by atoms with Gasteiger partial charge in [0.2, 0.25) is 5.91 Å². The van der Waals surface area contributed by atoms with Crippen molar-refractivity contribution in [1.29, 1.82) is 0 Å². The van der Waals surface area contributed by atoms with E-state index in [9.17, 15) is 4.79 Å². The Balaban J connectivity index is 1.28. The van der Waals surface area contributed by atoms with E-state index in [0.29, 0.717) is 18.9 Å². The van der Waals surface area contributed by atoms with E-state index in [-0.39, 0.29) is 11.8 Å². The first-order valence-electron chi connectivity index (χ1n) is 11.4. The number of hydrogen-bond acceptors (Lipinski definition) is 4. The molecule has 1 saturated heterocycles. The topological polar surface area (TPSA) is 68.8 Å². The summed E-state index contributed by atoms with van der Waals surface area (Å²) in [5.74, 6) is 1.74. The molecular weight excluding hydrogens is 406 g/mol. The molecule has 31 heavy (non-hydrogen) atoms. The molecule has 1 amide bonds. The van der Waals surface area contributed by atoms with Gasteiger partial charge in [-0.2, -0.15) is 0 Å². The van der Waals surface area contributed by atoms with Crippen LogP contribution in [-0.2, 0) is 11.3 Å². The van der Waals surface area contributed by atoms with Crippen LogP contribution in [0.1, 0.15) is 42.5 Å². The van der Waals surface area contributed by atoms with Crippen molar-refractivity contribution in [2.45, 2.75) is 38.6 Å². The number of carbonyl (C=O) groups excluding carboxylic acids is 1. The highest BCUT2D eigenvalue weighted by Crippen LogP contribution is 2.31. The summed E-state index contributed by atoms with van der Waals surface area (Å²) in [5.41, 5.74) is 2.13. The van der Waals surface area contributed by atoms with Gasteiger partial charge in [-0.1, -0.05) is 24.3 Å². The molecular formula is C24H33N5OS. The monoisotopic (exact) mass is 439 g/mol. The zero-order valence-electron chi connectivity index (χ0n) is 18.3. The summed E-state index contributed by atoms with van der Waals surface area (Å²) in [7, 11) is 0. The maximum atomic E-state index is 12.1. The van der Waals surface area contributed by atoms with Crippen molar-refractivity contribution in [3.05, 3.63) is 52.2 Å². The number of carbonyl (C=O) groups is 1. The quantitative estimate of drug-likeness (QED) is 0.455. The third kappa shape index (κ3) is 6.08. The van der Waals surface area contributed by atoms with Gasteiger partial charge in [0.1, 0.15) is 0 Å². The molecule has 166 valence electrons. The predicted octanol–water partition coefficient (Wildman–Crippen LogP) is 3.64. The molecule has 0 radical (unpaired) electrons. The van der Waals surface area contributed by atoms with E-state index in [1.165, 1.54) is 23.3 Å². The first-order chi connectivity index (χ1) is 15.2. The summed E-state index contributed by atoms with van der Waals surface area (Å²) < 4.78 is 0. The molecule has 3 heterocycles. The Morgan fingerprint density at radius 3 is 2.81 bits per heavy atom. The average molecular weight is 440 g/mol. The van der Waals surface area contributed by atoms with E-state index in [1.54, 1.807) is 0 Å². The van der Waals surface area contributed by atoms with Crippen LogP contribution in [0.25, 0.3) is 0 Å². The average Bonchev–Trinajstić information content (AvgIpc) is 3.29. The number of anilines is 1. The maximum absolute atomic E-state index is 12.1. The fraction of sp³-hybridized carbons (Fsp3) is 0.500. The Morgan fingerprint density at radius 2 is 2.03 bits per heavy atom. The molecule has 3 N–H and O–H groups in total. The Kier molecular flexibility index (Phi) is 7.59. The van der Waals surface area contributed by atoms with Gasteiger partial charge in [-0.25, -0.2) is 0 Å². The largest absolute Gasteiger partial charge is 0.357 e. The number of hydrogen-bond donors (Lipinski definition) is 3. The number of piperidine rings is 1. The first kappa shape index (κ1) is 21.8. The molecule has 0 aliphatic carbocycles. The minimum Gasteiger partial charge on any atom is -0.357 e. The van der Waals surface area contributed by atoms with Gasteiger partial charge >= 0.3 is 0 Å². The van der Waals surface area contributed by atoms with Crippen molar-refractivity contribution in [2.75, 3.05) is 38.0 Å². The minimum atomic E-state index is 0.0850. The summed E-state index contributed by atoms with van der Waals surface area (Å²) in [6.45, 7) is 7.84. The van der Waals surface area contributed by atoms with E-state index < -0.39 is 0 Å². The van der Waals surface area contributed by atoms with Gasteiger partial charge in [0.15, 0.2) is 5.96 Å². The number of para-hydroxylation sites is 1. The standard InChI is InChI=1S/C24H33N5OS/c1-2-25-24(27-16-19-14-23(30)28-22-8-4-3-7-21(19)22)26-15-18-9-11-29(12-10-18)17-20-6-5-13-31-20/h3-8,13,18-19H,2,9-12,14-17H2,1H3,(H,28,30)(H2,25,26,27). The number of thiophene rings is 1. The van der Waals surface area contributed by atoms with Crippen LogP contribution >= 0.6 is 11.3 Å². The van der Waals surface area contributed by atoms with Crippen LogP contribution in [0.15, 0.2) is 46.8 Å². The number of rotatable bonds is 7. The van der Waals surface area contributed by atoms with Gasteiger partial charge in [-0.15, -0.1) is 11.3 Å². The molecule has 6 nitrogen and oxygen atoms in total. The van der Waals surface area contributed by atoms with Gasteiger partial charge in [0.25, 0.3) is 0 Å². The molecule has 1 fully saturated rings. The minimum absolute atomic E-state index is 0.0850. The highest BCUT2D eigenvalue weighted by molar-refractivity contribution is 7.09. The smallest absolute Gasteiger partial charge is 0.225 e. The number of benzene rings is 1. The van der Waals surface area contributed by atoms with E-state index in [1.807, 2.05) is 29.5 Å². The lowest BCUT2D eigenvalue weighted by Gasteiger charge is -2.31. The molecule has 1 atom stereocenters. The number of guanidine groups is 1. The van der Waals surface area contributed by atoms with Crippen molar-refractivity contribution in [3.8, 4) is 0 Å². The fourth-order valence-electron chi connectivity index (χ4n) is 4.42. The van der Waals surface area contributed by atoms with Gasteiger partial charge < -0.3 is 16.0 Å². The second-order valence-electron chi connectivity index (χ2n) is 8.44. The maximum Gasteiger partial charge on any atom is 0.225 e. The Bertz CT molecular complexity index is 874. The second-order valence-corrected chi connectivity index (χ2v) is 9.47. The number of aliphatic imine (C=N–C) groups is 1. The molecule has 4 rings (SSSR count). The third-order valence-electron chi connectivity index (χ3n) is 6.14. The Hall–Kier alpha value is -2.38. The molecule has 2 aromatic rings. The molecule has 1 aromatic carbocycles. The summed E-state index contributed by atoms with van der Waals surface area (Å²) in [5, 5.41) is 12.0. The van der Waals surface area contributed by atoms with Crippen LogP contribution in [0.2, 0.25) is 0 Å². The van der Waals surface area contributed by atoms with Crippen LogP contribution in [-0.4, -0.2) is 49.5 Å². The van der Waals surface area contributed by atoms with Crippen LogP contribution in [0, 0.1) is 5.92 Å². The van der Waals surface area contributed by atoms with E-state index in [0.717, 1.165) is 44.4 Å². The number of fused-ring (bicyclic) bond motifs is 1. The summed E-state index contributed by atoms with van der Waals surface area (Å²) in [6.07, 6.45) is 2.90. The molecule has 1 aromatic heterocycles. The second kappa shape index (κ2) is 10.8. The normalized spacial score (nSPS) is 20.2. The van der Waals surface area contributed by atoms with Crippen molar-refractivity contribution in [2.24, 2.45) is 10.9 Å². The predicted molar refractivity (Wildman–Crippen MR) is 129 cm³/mol. The van der Waals surface area contributed by atoms with Crippen molar-refractivity contribution >= 4 is 28.9 Å². The van der Waals surface area contributed by atoms with Crippen molar-refractivity contribution in [1.82, 2.24) is 15.5 Å². The summed E-state index contributed by atoms with van der Waals surface area (Å²) in [6, 6.07) is 12.4. The van der Waals surface area contributed by atoms with Crippen LogP contribution in [0.4, 0.5) is 5.69 Å². The van der Waals surface area contributed by atoms with Gasteiger partial charge in [-0.3, -0.25) is 14.7 Å². The highest BCUT2D eigenvalue weighted by Gasteiger charge is 2.25. The molecule has 1 unspecified atom stereocenters. The van der Waals surface area contributed by atoms with Gasteiger partial charge in [0.05, 0.1) is 0 Å². The summed E-state index contributed by atoms with van der Waals surface area (Å²) >= 11 is 1.84. The lowest BCUT2D eigenvalue weighted by atomic mass is 9.90.